The molecule has 0 unspecified atom stereocenters. The zero-order chi connectivity index (χ0) is 14.7. The Kier molecular flexibility index (Phi) is 4.25. The fraction of sp³-hybridized carbons (Fsp3) is 0.312. The number of anilines is 1. The minimum Gasteiger partial charge on any atom is -0.467 e. The van der Waals surface area contributed by atoms with Crippen molar-refractivity contribution in [2.24, 2.45) is 5.73 Å². The minimum atomic E-state index is -0.106. The summed E-state index contributed by atoms with van der Waals surface area (Å²) >= 11 is 0. The molecule has 0 aliphatic heterocycles. The lowest BCUT2D eigenvalue weighted by Crippen LogP contribution is -2.25. The molecule has 1 amide bonds. The van der Waals surface area contributed by atoms with Gasteiger partial charge in [-0.25, -0.2) is 0 Å². The zero-order valence-electron chi connectivity index (χ0n) is 12.1. The molecule has 2 aromatic rings. The number of benzene rings is 1. The normalized spacial score (nSPS) is 10.8. The van der Waals surface area contributed by atoms with Crippen molar-refractivity contribution in [2.75, 3.05) is 11.9 Å². The molecule has 1 heterocycles. The lowest BCUT2D eigenvalue weighted by molar-refractivity contribution is 0.0992. The topological polar surface area (TPSA) is 59.5 Å². The van der Waals surface area contributed by atoms with Crippen LogP contribution in [0.2, 0.25) is 0 Å². The summed E-state index contributed by atoms with van der Waals surface area (Å²) in [6.07, 6.45) is 1.45. The summed E-state index contributed by atoms with van der Waals surface area (Å²) in [5.74, 6) is 0.980. The molecule has 0 bridgehead atoms. The molecule has 0 radical (unpaired) electrons. The molecule has 0 saturated carbocycles. The van der Waals surface area contributed by atoms with Crippen LogP contribution >= 0.6 is 0 Å². The molecule has 20 heavy (non-hydrogen) atoms. The van der Waals surface area contributed by atoms with Gasteiger partial charge in [-0.05, 0) is 29.7 Å². The SMILES string of the molecule is CC(C)c1ccc(N(C)C(=O)c2coc(CN)c2)cc1. The van der Waals surface area contributed by atoms with Crippen LogP contribution in [0.15, 0.2) is 41.0 Å². The van der Waals surface area contributed by atoms with E-state index in [4.69, 9.17) is 10.2 Å². The number of carbonyl (C=O) groups is 1. The molecule has 0 spiro atoms. The third kappa shape index (κ3) is 2.91. The van der Waals surface area contributed by atoms with Crippen molar-refractivity contribution >= 4 is 11.6 Å². The van der Waals surface area contributed by atoms with Crippen LogP contribution in [-0.2, 0) is 6.54 Å². The van der Waals surface area contributed by atoms with Crippen molar-refractivity contribution in [3.8, 4) is 0 Å². The monoisotopic (exact) mass is 272 g/mol. The number of nitrogens with zero attached hydrogens (tertiary/aromatic N) is 1. The Hall–Kier alpha value is -2.07. The Morgan fingerprint density at radius 1 is 1.30 bits per heavy atom. The van der Waals surface area contributed by atoms with Gasteiger partial charge >= 0.3 is 0 Å². The summed E-state index contributed by atoms with van der Waals surface area (Å²) in [5.41, 5.74) is 8.10. The Morgan fingerprint density at radius 3 is 2.45 bits per heavy atom. The quantitative estimate of drug-likeness (QED) is 0.930. The van der Waals surface area contributed by atoms with Crippen molar-refractivity contribution in [1.29, 1.82) is 0 Å². The highest BCUT2D eigenvalue weighted by Crippen LogP contribution is 2.21. The Bertz CT molecular complexity index is 585. The van der Waals surface area contributed by atoms with Crippen LogP contribution in [0.25, 0.3) is 0 Å². The fourth-order valence-electron chi connectivity index (χ4n) is 1.99. The highest BCUT2D eigenvalue weighted by molar-refractivity contribution is 6.05. The predicted molar refractivity (Wildman–Crippen MR) is 79.9 cm³/mol. The van der Waals surface area contributed by atoms with Gasteiger partial charge in [0.05, 0.1) is 12.1 Å². The van der Waals surface area contributed by atoms with Gasteiger partial charge in [0.15, 0.2) is 0 Å². The number of rotatable bonds is 4. The molecule has 0 atom stereocenters. The summed E-state index contributed by atoms with van der Waals surface area (Å²) in [4.78, 5) is 13.9. The molecular weight excluding hydrogens is 252 g/mol. The number of amides is 1. The molecule has 0 saturated heterocycles. The molecule has 1 aromatic carbocycles. The maximum atomic E-state index is 12.3. The highest BCUT2D eigenvalue weighted by atomic mass is 16.3. The van der Waals surface area contributed by atoms with Crippen LogP contribution in [0.5, 0.6) is 0 Å². The van der Waals surface area contributed by atoms with E-state index < -0.39 is 0 Å². The van der Waals surface area contributed by atoms with Crippen LogP contribution < -0.4 is 10.6 Å². The van der Waals surface area contributed by atoms with Gasteiger partial charge in [0, 0.05) is 12.7 Å². The van der Waals surface area contributed by atoms with Crippen molar-refractivity contribution in [2.45, 2.75) is 26.3 Å². The van der Waals surface area contributed by atoms with E-state index in [2.05, 4.69) is 13.8 Å². The first-order chi connectivity index (χ1) is 9.52. The van der Waals surface area contributed by atoms with Crippen LogP contribution in [0.4, 0.5) is 5.69 Å². The number of furan rings is 1. The first-order valence-corrected chi connectivity index (χ1v) is 6.68. The molecule has 0 aliphatic rings. The van der Waals surface area contributed by atoms with Crippen molar-refractivity contribution in [3.05, 3.63) is 53.5 Å². The van der Waals surface area contributed by atoms with Gasteiger partial charge in [0.2, 0.25) is 0 Å². The molecule has 4 nitrogen and oxygen atoms in total. The lowest BCUT2D eigenvalue weighted by Gasteiger charge is -2.17. The first kappa shape index (κ1) is 14.3. The van der Waals surface area contributed by atoms with E-state index in [1.54, 1.807) is 18.0 Å². The van der Waals surface area contributed by atoms with Crippen LogP contribution in [-0.4, -0.2) is 13.0 Å². The van der Waals surface area contributed by atoms with Crippen molar-refractivity contribution in [3.63, 3.8) is 0 Å². The van der Waals surface area contributed by atoms with Gasteiger partial charge in [0.25, 0.3) is 5.91 Å². The number of carbonyl (C=O) groups excluding carboxylic acids is 1. The number of hydrogen-bond acceptors (Lipinski definition) is 3. The second kappa shape index (κ2) is 5.92. The van der Waals surface area contributed by atoms with Gasteiger partial charge in [0.1, 0.15) is 12.0 Å². The minimum absolute atomic E-state index is 0.106. The molecule has 106 valence electrons. The predicted octanol–water partition coefficient (Wildman–Crippen LogP) is 3.14. The second-order valence-electron chi connectivity index (χ2n) is 5.12. The molecule has 2 N–H and O–H groups in total. The summed E-state index contributed by atoms with van der Waals surface area (Å²) in [6.45, 7) is 4.58. The van der Waals surface area contributed by atoms with Gasteiger partial charge in [-0.1, -0.05) is 26.0 Å². The maximum Gasteiger partial charge on any atom is 0.261 e. The lowest BCUT2D eigenvalue weighted by atomic mass is 10.0. The summed E-state index contributed by atoms with van der Waals surface area (Å²) in [7, 11) is 1.75. The zero-order valence-corrected chi connectivity index (χ0v) is 12.1. The molecule has 0 aliphatic carbocycles. The molecule has 4 heteroatoms. The van der Waals surface area contributed by atoms with E-state index in [9.17, 15) is 4.79 Å². The van der Waals surface area contributed by atoms with E-state index in [0.717, 1.165) is 5.69 Å². The number of hydrogen-bond donors (Lipinski definition) is 1. The highest BCUT2D eigenvalue weighted by Gasteiger charge is 2.16. The Labute approximate surface area is 119 Å². The fourth-order valence-corrected chi connectivity index (χ4v) is 1.99. The van der Waals surface area contributed by atoms with E-state index in [0.29, 0.717) is 23.8 Å². The van der Waals surface area contributed by atoms with Gasteiger partial charge < -0.3 is 15.1 Å². The summed E-state index contributed by atoms with van der Waals surface area (Å²) in [6, 6.07) is 9.69. The van der Waals surface area contributed by atoms with Crippen LogP contribution in [0.1, 0.15) is 41.4 Å². The maximum absolute atomic E-state index is 12.3. The van der Waals surface area contributed by atoms with E-state index in [-0.39, 0.29) is 5.91 Å². The Morgan fingerprint density at radius 2 is 1.95 bits per heavy atom. The van der Waals surface area contributed by atoms with E-state index >= 15 is 0 Å². The first-order valence-electron chi connectivity index (χ1n) is 6.68. The molecule has 0 fully saturated rings. The summed E-state index contributed by atoms with van der Waals surface area (Å²) < 4.78 is 5.20. The molecule has 2 rings (SSSR count). The molecule has 1 aromatic heterocycles. The standard InChI is InChI=1S/C16H20N2O2/c1-11(2)12-4-6-14(7-5-12)18(3)16(19)13-8-15(9-17)20-10-13/h4-8,10-11H,9,17H2,1-3H3. The van der Waals surface area contributed by atoms with Gasteiger partial charge in [-0.15, -0.1) is 0 Å². The van der Waals surface area contributed by atoms with Crippen LogP contribution in [0.3, 0.4) is 0 Å². The smallest absolute Gasteiger partial charge is 0.261 e. The summed E-state index contributed by atoms with van der Waals surface area (Å²) in [5, 5.41) is 0. The van der Waals surface area contributed by atoms with E-state index in [1.165, 1.54) is 11.8 Å². The Balaban J connectivity index is 2.17. The largest absolute Gasteiger partial charge is 0.467 e. The van der Waals surface area contributed by atoms with Crippen molar-refractivity contribution < 1.29 is 9.21 Å². The third-order valence-electron chi connectivity index (χ3n) is 3.35. The van der Waals surface area contributed by atoms with E-state index in [1.807, 2.05) is 24.3 Å². The average Bonchev–Trinajstić information content (AvgIpc) is 2.94. The average molecular weight is 272 g/mol. The number of nitrogens with two attached hydrogens (primary N) is 1. The third-order valence-corrected chi connectivity index (χ3v) is 3.35. The van der Waals surface area contributed by atoms with Crippen LogP contribution in [0, 0.1) is 0 Å². The van der Waals surface area contributed by atoms with Gasteiger partial charge in [-0.2, -0.15) is 0 Å². The molecular formula is C16H20N2O2. The van der Waals surface area contributed by atoms with Crippen molar-refractivity contribution in [1.82, 2.24) is 0 Å². The second-order valence-corrected chi connectivity index (χ2v) is 5.12. The van der Waals surface area contributed by atoms with Gasteiger partial charge in [-0.3, -0.25) is 4.79 Å².